The molecule has 1 rings (SSSR count). The summed E-state index contributed by atoms with van der Waals surface area (Å²) in [7, 11) is 0. The summed E-state index contributed by atoms with van der Waals surface area (Å²) in [6.07, 6.45) is 0.947. The zero-order valence-corrected chi connectivity index (χ0v) is 6.11. The molecule has 0 aliphatic carbocycles. The lowest BCUT2D eigenvalue weighted by atomic mass is 10.4. The number of aromatic nitrogens is 1. The molecule has 0 fully saturated rings. The predicted octanol–water partition coefficient (Wildman–Crippen LogP) is 0.395. The topological polar surface area (TPSA) is 79.4 Å². The first-order valence-electron chi connectivity index (χ1n) is 3.24. The molecule has 0 unspecified atom stereocenters. The van der Waals surface area contributed by atoms with Crippen LogP contribution in [0.1, 0.15) is 6.42 Å². The zero-order valence-electron chi connectivity index (χ0n) is 6.11. The van der Waals surface area contributed by atoms with E-state index in [2.05, 4.69) is 9.72 Å². The molecule has 1 aromatic rings. The number of hydrogen-bond acceptors (Lipinski definition) is 3. The van der Waals surface area contributed by atoms with Crippen molar-refractivity contribution in [2.45, 2.75) is 6.42 Å². The van der Waals surface area contributed by atoms with Gasteiger partial charge in [-0.15, -0.1) is 0 Å². The Morgan fingerprint density at radius 1 is 1.58 bits per heavy atom. The van der Waals surface area contributed by atoms with E-state index >= 15 is 0 Å². The highest BCUT2D eigenvalue weighted by molar-refractivity contribution is 5.90. The summed E-state index contributed by atoms with van der Waals surface area (Å²) in [4.78, 5) is 23.3. The van der Waals surface area contributed by atoms with Crippen molar-refractivity contribution in [1.82, 2.24) is 4.98 Å². The highest BCUT2D eigenvalue weighted by Gasteiger charge is 2.09. The van der Waals surface area contributed by atoms with Crippen LogP contribution in [-0.2, 0) is 9.59 Å². The van der Waals surface area contributed by atoms with Gasteiger partial charge in [-0.05, 0) is 6.07 Å². The third kappa shape index (κ3) is 2.45. The third-order valence-corrected chi connectivity index (χ3v) is 1.09. The number of esters is 1. The van der Waals surface area contributed by atoms with Crippen LogP contribution in [0.4, 0.5) is 0 Å². The highest BCUT2D eigenvalue weighted by Crippen LogP contribution is 2.05. The number of rotatable bonds is 3. The largest absolute Gasteiger partial charge is 0.481 e. The molecule has 0 amide bonds. The van der Waals surface area contributed by atoms with Gasteiger partial charge in [-0.2, -0.15) is 0 Å². The minimum absolute atomic E-state index is 0.251. The molecule has 0 bridgehead atoms. The molecule has 2 N–H and O–H groups in total. The number of carbonyl (C=O) groups is 2. The molecule has 0 saturated heterocycles. The van der Waals surface area contributed by atoms with Crippen LogP contribution in [-0.4, -0.2) is 22.0 Å². The van der Waals surface area contributed by atoms with Crippen LogP contribution in [0.5, 0.6) is 5.88 Å². The molecule has 12 heavy (non-hydrogen) atoms. The number of carbonyl (C=O) groups excluding carboxylic acids is 1. The van der Waals surface area contributed by atoms with Gasteiger partial charge in [0.05, 0.1) is 0 Å². The van der Waals surface area contributed by atoms with Crippen molar-refractivity contribution < 1.29 is 19.4 Å². The Labute approximate surface area is 68.0 Å². The van der Waals surface area contributed by atoms with Crippen molar-refractivity contribution >= 4 is 11.9 Å². The smallest absolute Gasteiger partial charge is 0.323 e. The second-order valence-electron chi connectivity index (χ2n) is 2.08. The summed E-state index contributed by atoms with van der Waals surface area (Å²) in [5.41, 5.74) is 0. The lowest BCUT2D eigenvalue weighted by Crippen LogP contribution is -2.13. The Hall–Kier alpha value is -1.78. The van der Waals surface area contributed by atoms with Crippen LogP contribution in [0, 0.1) is 0 Å². The molecular formula is C7H7NO4. The number of H-pyrrole nitrogens is 1. The average molecular weight is 169 g/mol. The number of aromatic amines is 1. The SMILES string of the molecule is O=C(O)CC(=O)Oc1ccc[nH]1. The first kappa shape index (κ1) is 8.32. The van der Waals surface area contributed by atoms with Crippen LogP contribution >= 0.6 is 0 Å². The van der Waals surface area contributed by atoms with Crippen molar-refractivity contribution in [1.29, 1.82) is 0 Å². The zero-order chi connectivity index (χ0) is 8.97. The molecule has 0 atom stereocenters. The summed E-state index contributed by atoms with van der Waals surface area (Å²) < 4.78 is 4.59. The maximum absolute atomic E-state index is 10.7. The lowest BCUT2D eigenvalue weighted by molar-refractivity contribution is -0.145. The van der Waals surface area contributed by atoms with E-state index < -0.39 is 18.4 Å². The fraction of sp³-hybridized carbons (Fsp3) is 0.143. The minimum atomic E-state index is -1.20. The maximum Gasteiger partial charge on any atom is 0.323 e. The number of ether oxygens (including phenoxy) is 1. The van der Waals surface area contributed by atoms with Crippen LogP contribution < -0.4 is 4.74 Å². The van der Waals surface area contributed by atoms with Gasteiger partial charge in [0.15, 0.2) is 0 Å². The Morgan fingerprint density at radius 3 is 2.83 bits per heavy atom. The Balaban J connectivity index is 2.42. The number of carboxylic acid groups (broad SMARTS) is 1. The molecular weight excluding hydrogens is 162 g/mol. The summed E-state index contributed by atoms with van der Waals surface area (Å²) in [5, 5.41) is 8.20. The van der Waals surface area contributed by atoms with Crippen molar-refractivity contribution in [3.05, 3.63) is 18.3 Å². The second-order valence-corrected chi connectivity index (χ2v) is 2.08. The average Bonchev–Trinajstić information content (AvgIpc) is 2.37. The molecule has 64 valence electrons. The van der Waals surface area contributed by atoms with E-state index in [1.807, 2.05) is 0 Å². The van der Waals surface area contributed by atoms with Crippen LogP contribution in [0.25, 0.3) is 0 Å². The molecule has 0 aliphatic heterocycles. The molecule has 0 aliphatic rings. The molecule has 0 aromatic carbocycles. The molecule has 1 aromatic heterocycles. The first-order valence-corrected chi connectivity index (χ1v) is 3.24. The monoisotopic (exact) mass is 169 g/mol. The Morgan fingerprint density at radius 2 is 2.33 bits per heavy atom. The quantitative estimate of drug-likeness (QED) is 0.506. The number of carboxylic acids is 1. The van der Waals surface area contributed by atoms with E-state index in [-0.39, 0.29) is 5.88 Å². The van der Waals surface area contributed by atoms with Gasteiger partial charge in [-0.25, -0.2) is 0 Å². The predicted molar refractivity (Wildman–Crippen MR) is 38.7 cm³/mol. The molecule has 0 radical (unpaired) electrons. The number of aliphatic carboxylic acids is 1. The van der Waals surface area contributed by atoms with Crippen LogP contribution in [0.3, 0.4) is 0 Å². The highest BCUT2D eigenvalue weighted by atomic mass is 16.5. The van der Waals surface area contributed by atoms with Gasteiger partial charge in [-0.1, -0.05) is 0 Å². The van der Waals surface area contributed by atoms with Crippen molar-refractivity contribution in [3.63, 3.8) is 0 Å². The Kier molecular flexibility index (Phi) is 2.47. The van der Waals surface area contributed by atoms with E-state index in [1.54, 1.807) is 12.3 Å². The maximum atomic E-state index is 10.7. The Bertz CT molecular complexity index is 278. The van der Waals surface area contributed by atoms with Gasteiger partial charge in [0.25, 0.3) is 0 Å². The molecule has 0 spiro atoms. The third-order valence-electron chi connectivity index (χ3n) is 1.09. The van der Waals surface area contributed by atoms with Gasteiger partial charge in [0, 0.05) is 12.3 Å². The van der Waals surface area contributed by atoms with Gasteiger partial charge in [-0.3, -0.25) is 9.59 Å². The van der Waals surface area contributed by atoms with Gasteiger partial charge >= 0.3 is 11.9 Å². The fourth-order valence-electron chi connectivity index (χ4n) is 0.660. The van der Waals surface area contributed by atoms with Gasteiger partial charge in [0.1, 0.15) is 6.42 Å². The minimum Gasteiger partial charge on any atom is -0.481 e. The van der Waals surface area contributed by atoms with Crippen molar-refractivity contribution in [2.24, 2.45) is 0 Å². The van der Waals surface area contributed by atoms with Crippen LogP contribution in [0.2, 0.25) is 0 Å². The summed E-state index contributed by atoms with van der Waals surface area (Å²) in [6, 6.07) is 3.17. The summed E-state index contributed by atoms with van der Waals surface area (Å²) >= 11 is 0. The standard InChI is InChI=1S/C7H7NO4/c9-6(10)4-7(11)12-5-2-1-3-8-5/h1-3,8H,4H2,(H,9,10). The van der Waals surface area contributed by atoms with E-state index in [4.69, 9.17) is 5.11 Å². The number of nitrogens with one attached hydrogen (secondary N) is 1. The first-order chi connectivity index (χ1) is 5.68. The fourth-order valence-corrected chi connectivity index (χ4v) is 0.660. The molecule has 0 saturated carbocycles. The normalized spacial score (nSPS) is 9.33. The lowest BCUT2D eigenvalue weighted by Gasteiger charge is -1.97. The molecule has 1 heterocycles. The summed E-state index contributed by atoms with van der Waals surface area (Å²) in [5.74, 6) is -1.74. The molecule has 5 heteroatoms. The van der Waals surface area contributed by atoms with Gasteiger partial charge in [0.2, 0.25) is 5.88 Å². The van der Waals surface area contributed by atoms with Gasteiger partial charge < -0.3 is 14.8 Å². The second kappa shape index (κ2) is 3.56. The van der Waals surface area contributed by atoms with Crippen LogP contribution in [0.15, 0.2) is 18.3 Å². The van der Waals surface area contributed by atoms with E-state index in [0.717, 1.165) is 0 Å². The van der Waals surface area contributed by atoms with Crippen molar-refractivity contribution in [3.8, 4) is 5.88 Å². The van der Waals surface area contributed by atoms with Crippen molar-refractivity contribution in [2.75, 3.05) is 0 Å². The molecule has 5 nitrogen and oxygen atoms in total. The van der Waals surface area contributed by atoms with E-state index in [1.165, 1.54) is 6.07 Å². The number of hydrogen-bond donors (Lipinski definition) is 2. The van der Waals surface area contributed by atoms with E-state index in [0.29, 0.717) is 0 Å². The van der Waals surface area contributed by atoms with E-state index in [9.17, 15) is 9.59 Å². The summed E-state index contributed by atoms with van der Waals surface area (Å²) in [6.45, 7) is 0.